The van der Waals surface area contributed by atoms with Gasteiger partial charge in [-0.2, -0.15) is 0 Å². The first-order chi connectivity index (χ1) is 9.15. The topological polar surface area (TPSA) is 50.7 Å². The van der Waals surface area contributed by atoms with Crippen molar-refractivity contribution in [2.45, 2.75) is 20.0 Å². The van der Waals surface area contributed by atoms with Crippen molar-refractivity contribution < 1.29 is 14.6 Å². The predicted octanol–water partition coefficient (Wildman–Crippen LogP) is 2.58. The van der Waals surface area contributed by atoms with Gasteiger partial charge in [-0.15, -0.1) is 0 Å². The molecule has 0 amide bonds. The van der Waals surface area contributed by atoms with Crippen molar-refractivity contribution >= 4 is 21.6 Å². The highest BCUT2D eigenvalue weighted by molar-refractivity contribution is 9.10. The molecule has 2 N–H and O–H groups in total. The van der Waals surface area contributed by atoms with Crippen LogP contribution in [-0.2, 0) is 9.47 Å². The fourth-order valence-corrected chi connectivity index (χ4v) is 1.93. The molecule has 0 bridgehead atoms. The smallest absolute Gasteiger partial charge is 0.0945 e. The number of ether oxygens (including phenoxy) is 2. The second-order valence-electron chi connectivity index (χ2n) is 4.22. The van der Waals surface area contributed by atoms with Gasteiger partial charge < -0.3 is 19.9 Å². The van der Waals surface area contributed by atoms with Gasteiger partial charge in [-0.3, -0.25) is 0 Å². The molecular formula is C14H22BrNO3. The fourth-order valence-electron chi connectivity index (χ4n) is 1.57. The highest BCUT2D eigenvalue weighted by Crippen LogP contribution is 2.23. The monoisotopic (exact) mass is 331 g/mol. The lowest BCUT2D eigenvalue weighted by Crippen LogP contribution is -2.25. The van der Waals surface area contributed by atoms with E-state index < -0.39 is 6.10 Å². The number of aliphatic hydroxyl groups is 1. The van der Waals surface area contributed by atoms with Gasteiger partial charge in [-0.25, -0.2) is 0 Å². The molecule has 108 valence electrons. The van der Waals surface area contributed by atoms with E-state index in [0.717, 1.165) is 15.7 Å². The van der Waals surface area contributed by atoms with Gasteiger partial charge >= 0.3 is 0 Å². The van der Waals surface area contributed by atoms with Crippen molar-refractivity contribution in [3.8, 4) is 0 Å². The molecule has 19 heavy (non-hydrogen) atoms. The molecule has 0 aliphatic heterocycles. The Bertz CT molecular complexity index is 374. The molecule has 0 saturated heterocycles. The standard InChI is InChI=1S/C14H22BrNO3/c1-3-18-7-8-19-10-12(17)9-16-14-6-4-5-13(15)11(14)2/h4-6,12,16-17H,3,7-10H2,1-2H3. The summed E-state index contributed by atoms with van der Waals surface area (Å²) >= 11 is 3.48. The van der Waals surface area contributed by atoms with Gasteiger partial charge in [0.05, 0.1) is 25.9 Å². The molecule has 0 saturated carbocycles. The zero-order valence-corrected chi connectivity index (χ0v) is 13.1. The molecular weight excluding hydrogens is 310 g/mol. The fraction of sp³-hybridized carbons (Fsp3) is 0.571. The third kappa shape index (κ3) is 6.38. The van der Waals surface area contributed by atoms with Gasteiger partial charge in [0.25, 0.3) is 0 Å². The van der Waals surface area contributed by atoms with E-state index >= 15 is 0 Å². The van der Waals surface area contributed by atoms with Crippen LogP contribution in [0.3, 0.4) is 0 Å². The van der Waals surface area contributed by atoms with Crippen molar-refractivity contribution in [3.05, 3.63) is 28.2 Å². The summed E-state index contributed by atoms with van der Waals surface area (Å²) in [5.74, 6) is 0. The summed E-state index contributed by atoms with van der Waals surface area (Å²) in [4.78, 5) is 0. The van der Waals surface area contributed by atoms with E-state index in [1.807, 2.05) is 32.0 Å². The number of halogens is 1. The van der Waals surface area contributed by atoms with E-state index in [1.54, 1.807) is 0 Å². The van der Waals surface area contributed by atoms with Gasteiger partial charge in [-0.1, -0.05) is 22.0 Å². The second-order valence-corrected chi connectivity index (χ2v) is 5.07. The molecule has 0 spiro atoms. The van der Waals surface area contributed by atoms with Gasteiger partial charge in [0.15, 0.2) is 0 Å². The van der Waals surface area contributed by atoms with E-state index in [4.69, 9.17) is 9.47 Å². The van der Waals surface area contributed by atoms with Crippen LogP contribution in [-0.4, -0.2) is 44.2 Å². The molecule has 0 aliphatic carbocycles. The minimum Gasteiger partial charge on any atom is -0.389 e. The highest BCUT2D eigenvalue weighted by Gasteiger charge is 2.06. The Balaban J connectivity index is 2.22. The van der Waals surface area contributed by atoms with Crippen molar-refractivity contribution in [2.75, 3.05) is 38.3 Å². The van der Waals surface area contributed by atoms with Crippen LogP contribution in [0.15, 0.2) is 22.7 Å². The van der Waals surface area contributed by atoms with Crippen molar-refractivity contribution in [1.29, 1.82) is 0 Å². The Kier molecular flexibility index (Phi) is 8.05. The van der Waals surface area contributed by atoms with Crippen molar-refractivity contribution in [2.24, 2.45) is 0 Å². The molecule has 1 unspecified atom stereocenters. The van der Waals surface area contributed by atoms with Crippen molar-refractivity contribution in [1.82, 2.24) is 0 Å². The molecule has 1 rings (SSSR count). The summed E-state index contributed by atoms with van der Waals surface area (Å²) in [5.41, 5.74) is 2.15. The number of hydrogen-bond donors (Lipinski definition) is 2. The first-order valence-electron chi connectivity index (χ1n) is 6.47. The molecule has 4 nitrogen and oxygen atoms in total. The number of anilines is 1. The number of hydrogen-bond acceptors (Lipinski definition) is 4. The highest BCUT2D eigenvalue weighted by atomic mass is 79.9. The van der Waals surface area contributed by atoms with E-state index in [0.29, 0.717) is 33.0 Å². The summed E-state index contributed by atoms with van der Waals surface area (Å²) in [7, 11) is 0. The summed E-state index contributed by atoms with van der Waals surface area (Å²) in [6.45, 7) is 6.52. The average Bonchev–Trinajstić information content (AvgIpc) is 2.40. The molecule has 0 fully saturated rings. The normalized spacial score (nSPS) is 12.4. The van der Waals surface area contributed by atoms with Crippen LogP contribution < -0.4 is 5.32 Å². The summed E-state index contributed by atoms with van der Waals surface area (Å²) in [5, 5.41) is 13.0. The predicted molar refractivity (Wildman–Crippen MR) is 80.7 cm³/mol. The third-order valence-corrected chi connectivity index (χ3v) is 3.54. The van der Waals surface area contributed by atoms with Crippen LogP contribution in [0.5, 0.6) is 0 Å². The van der Waals surface area contributed by atoms with Crippen LogP contribution in [0.25, 0.3) is 0 Å². The maximum absolute atomic E-state index is 9.79. The lowest BCUT2D eigenvalue weighted by atomic mass is 10.2. The van der Waals surface area contributed by atoms with E-state index in [9.17, 15) is 5.11 Å². The molecule has 0 radical (unpaired) electrons. The molecule has 5 heteroatoms. The third-order valence-electron chi connectivity index (χ3n) is 2.68. The maximum Gasteiger partial charge on any atom is 0.0945 e. The molecule has 0 aromatic heterocycles. The van der Waals surface area contributed by atoms with Gasteiger partial charge in [0, 0.05) is 23.3 Å². The number of nitrogens with one attached hydrogen (secondary N) is 1. The van der Waals surface area contributed by atoms with E-state index in [-0.39, 0.29) is 0 Å². The lowest BCUT2D eigenvalue weighted by Gasteiger charge is -2.15. The Hall–Kier alpha value is -0.620. The van der Waals surface area contributed by atoms with E-state index in [2.05, 4.69) is 21.2 Å². The van der Waals surface area contributed by atoms with Gasteiger partial charge in [0.2, 0.25) is 0 Å². The zero-order chi connectivity index (χ0) is 14.1. The molecule has 0 heterocycles. The Morgan fingerprint density at radius 2 is 2.05 bits per heavy atom. The Morgan fingerprint density at radius 1 is 1.32 bits per heavy atom. The van der Waals surface area contributed by atoms with E-state index in [1.165, 1.54) is 0 Å². The summed E-state index contributed by atoms with van der Waals surface area (Å²) in [6.07, 6.45) is -0.528. The molecule has 1 atom stereocenters. The van der Waals surface area contributed by atoms with Crippen LogP contribution >= 0.6 is 15.9 Å². The first-order valence-corrected chi connectivity index (χ1v) is 7.27. The van der Waals surface area contributed by atoms with Crippen molar-refractivity contribution in [3.63, 3.8) is 0 Å². The average molecular weight is 332 g/mol. The molecule has 1 aromatic carbocycles. The van der Waals surface area contributed by atoms with Crippen LogP contribution in [0.2, 0.25) is 0 Å². The van der Waals surface area contributed by atoms with Crippen LogP contribution in [0.1, 0.15) is 12.5 Å². The lowest BCUT2D eigenvalue weighted by molar-refractivity contribution is 0.0103. The molecule has 1 aromatic rings. The minimum absolute atomic E-state index is 0.313. The maximum atomic E-state index is 9.79. The second kappa shape index (κ2) is 9.31. The number of rotatable bonds is 9. The number of benzene rings is 1. The number of aliphatic hydroxyl groups excluding tert-OH is 1. The quantitative estimate of drug-likeness (QED) is 0.683. The Morgan fingerprint density at radius 3 is 2.79 bits per heavy atom. The van der Waals surface area contributed by atoms with Gasteiger partial charge in [-0.05, 0) is 31.5 Å². The minimum atomic E-state index is -0.528. The van der Waals surface area contributed by atoms with Gasteiger partial charge in [0.1, 0.15) is 0 Å². The largest absolute Gasteiger partial charge is 0.389 e. The Labute approximate surface area is 123 Å². The summed E-state index contributed by atoms with van der Waals surface area (Å²) < 4.78 is 11.5. The molecule has 0 aliphatic rings. The van der Waals surface area contributed by atoms with Crippen LogP contribution in [0.4, 0.5) is 5.69 Å². The zero-order valence-electron chi connectivity index (χ0n) is 11.5. The SMILES string of the molecule is CCOCCOCC(O)CNc1cccc(Br)c1C. The first kappa shape index (κ1) is 16.4. The summed E-state index contributed by atoms with van der Waals surface area (Å²) in [6, 6.07) is 5.95. The van der Waals surface area contributed by atoms with Crippen LogP contribution in [0, 0.1) is 6.92 Å².